The van der Waals surface area contributed by atoms with Gasteiger partial charge in [-0.15, -0.1) is 0 Å². The lowest BCUT2D eigenvalue weighted by Crippen LogP contribution is -2.12. The molecule has 0 aliphatic heterocycles. The Morgan fingerprint density at radius 1 is 0.926 bits per heavy atom. The van der Waals surface area contributed by atoms with Crippen LogP contribution >= 0.6 is 0 Å². The van der Waals surface area contributed by atoms with Gasteiger partial charge in [-0.2, -0.15) is 0 Å². The number of rotatable bonds is 6. The van der Waals surface area contributed by atoms with Gasteiger partial charge in [0.25, 0.3) is 5.91 Å². The Labute approximate surface area is 157 Å². The molecule has 3 rings (SSSR count). The highest BCUT2D eigenvalue weighted by atomic mass is 16.5. The lowest BCUT2D eigenvalue weighted by atomic mass is 10.1. The minimum Gasteiger partial charge on any atom is -0.497 e. The number of carbonyl (C=O) groups is 2. The summed E-state index contributed by atoms with van der Waals surface area (Å²) < 4.78 is 5.14. The van der Waals surface area contributed by atoms with Crippen molar-refractivity contribution < 1.29 is 14.3 Å². The van der Waals surface area contributed by atoms with Crippen LogP contribution in [0.1, 0.15) is 27.6 Å². The molecule has 1 aromatic heterocycles. The van der Waals surface area contributed by atoms with Gasteiger partial charge in [0, 0.05) is 29.2 Å². The molecule has 0 aliphatic carbocycles. The highest BCUT2D eigenvalue weighted by molar-refractivity contribution is 6.04. The molecule has 0 aliphatic rings. The van der Waals surface area contributed by atoms with Crippen molar-refractivity contribution in [2.45, 2.75) is 6.92 Å². The first-order valence-electron chi connectivity index (χ1n) is 8.34. The number of hydrogen-bond acceptors (Lipinski definition) is 5. The lowest BCUT2D eigenvalue weighted by Gasteiger charge is -2.09. The molecule has 0 saturated heterocycles. The number of amides is 1. The fourth-order valence-electron chi connectivity index (χ4n) is 2.47. The normalized spacial score (nSPS) is 10.1. The van der Waals surface area contributed by atoms with Crippen LogP contribution in [0.3, 0.4) is 0 Å². The highest BCUT2D eigenvalue weighted by Crippen LogP contribution is 2.19. The van der Waals surface area contributed by atoms with Gasteiger partial charge in [0.15, 0.2) is 5.78 Å². The smallest absolute Gasteiger partial charge is 0.257 e. The molecule has 27 heavy (non-hydrogen) atoms. The van der Waals surface area contributed by atoms with Crippen molar-refractivity contribution in [1.29, 1.82) is 0 Å². The Kier molecular flexibility index (Phi) is 5.47. The van der Waals surface area contributed by atoms with Crippen molar-refractivity contribution >= 4 is 28.9 Å². The molecule has 0 fully saturated rings. The second-order valence-corrected chi connectivity index (χ2v) is 5.88. The number of carbonyl (C=O) groups excluding carboxylic acids is 2. The molecule has 2 N–H and O–H groups in total. The second-order valence-electron chi connectivity index (χ2n) is 5.88. The number of anilines is 3. The molecule has 6 nitrogen and oxygen atoms in total. The summed E-state index contributed by atoms with van der Waals surface area (Å²) in [4.78, 5) is 28.1. The fourth-order valence-corrected chi connectivity index (χ4v) is 2.47. The van der Waals surface area contributed by atoms with Crippen LogP contribution in [0.2, 0.25) is 0 Å². The van der Waals surface area contributed by atoms with E-state index in [1.54, 1.807) is 61.7 Å². The van der Waals surface area contributed by atoms with Gasteiger partial charge in [-0.05, 0) is 43.3 Å². The predicted molar refractivity (Wildman–Crippen MR) is 105 cm³/mol. The standard InChI is InChI=1S/C21H19N3O3/c1-14(25)15-5-3-6-17(11-15)23-20-10-9-16(13-22-20)21(26)24-18-7-4-8-19(12-18)27-2/h3-13H,1-2H3,(H,22,23)(H,24,26). The van der Waals surface area contributed by atoms with Gasteiger partial charge in [0.05, 0.1) is 12.7 Å². The van der Waals surface area contributed by atoms with Gasteiger partial charge in [-0.1, -0.05) is 18.2 Å². The summed E-state index contributed by atoms with van der Waals surface area (Å²) in [6.07, 6.45) is 1.49. The Hall–Kier alpha value is -3.67. The van der Waals surface area contributed by atoms with E-state index in [9.17, 15) is 9.59 Å². The van der Waals surface area contributed by atoms with Crippen LogP contribution in [0.5, 0.6) is 5.75 Å². The quantitative estimate of drug-likeness (QED) is 0.640. The minimum atomic E-state index is -0.263. The number of aromatic nitrogens is 1. The Morgan fingerprint density at radius 2 is 1.70 bits per heavy atom. The Bertz CT molecular complexity index is 968. The maximum absolute atomic E-state index is 12.4. The molecule has 1 heterocycles. The van der Waals surface area contributed by atoms with Crippen LogP contribution in [0.4, 0.5) is 17.2 Å². The average molecular weight is 361 g/mol. The predicted octanol–water partition coefficient (Wildman–Crippen LogP) is 4.29. The van der Waals surface area contributed by atoms with E-state index in [1.807, 2.05) is 6.07 Å². The van der Waals surface area contributed by atoms with Gasteiger partial charge in [0.2, 0.25) is 0 Å². The third kappa shape index (κ3) is 4.70. The van der Waals surface area contributed by atoms with Gasteiger partial charge < -0.3 is 15.4 Å². The third-order valence-electron chi connectivity index (χ3n) is 3.89. The van der Waals surface area contributed by atoms with Crippen molar-refractivity contribution in [2.24, 2.45) is 0 Å². The van der Waals surface area contributed by atoms with Gasteiger partial charge in [-0.3, -0.25) is 9.59 Å². The first-order chi connectivity index (χ1) is 13.0. The molecule has 0 spiro atoms. The SMILES string of the molecule is COc1cccc(NC(=O)c2ccc(Nc3cccc(C(C)=O)c3)nc2)c1. The van der Waals surface area contributed by atoms with E-state index in [0.29, 0.717) is 28.4 Å². The van der Waals surface area contributed by atoms with Crippen molar-refractivity contribution in [1.82, 2.24) is 4.98 Å². The number of benzene rings is 2. The maximum atomic E-state index is 12.4. The summed E-state index contributed by atoms with van der Waals surface area (Å²) in [5, 5.41) is 5.92. The summed E-state index contributed by atoms with van der Waals surface area (Å²) >= 11 is 0. The molecule has 0 bridgehead atoms. The number of hydrogen-bond donors (Lipinski definition) is 2. The van der Waals surface area contributed by atoms with Crippen LogP contribution in [-0.2, 0) is 0 Å². The van der Waals surface area contributed by atoms with Crippen LogP contribution in [0.15, 0.2) is 66.9 Å². The van der Waals surface area contributed by atoms with Crippen LogP contribution < -0.4 is 15.4 Å². The number of nitrogens with zero attached hydrogens (tertiary/aromatic N) is 1. The highest BCUT2D eigenvalue weighted by Gasteiger charge is 2.08. The molecule has 6 heteroatoms. The van der Waals surface area contributed by atoms with E-state index in [2.05, 4.69) is 15.6 Å². The molecule has 0 radical (unpaired) electrons. The first kappa shape index (κ1) is 18.1. The molecule has 0 atom stereocenters. The second kappa shape index (κ2) is 8.14. The molecular weight excluding hydrogens is 342 g/mol. The van der Waals surface area contributed by atoms with Gasteiger partial charge >= 0.3 is 0 Å². The molecule has 1 amide bonds. The molecule has 3 aromatic rings. The maximum Gasteiger partial charge on any atom is 0.257 e. The van der Waals surface area contributed by atoms with Gasteiger partial charge in [0.1, 0.15) is 11.6 Å². The number of nitrogens with one attached hydrogen (secondary N) is 2. The zero-order valence-electron chi connectivity index (χ0n) is 15.0. The summed E-state index contributed by atoms with van der Waals surface area (Å²) in [6, 6.07) is 17.7. The molecule has 0 saturated carbocycles. The zero-order valence-corrected chi connectivity index (χ0v) is 15.0. The van der Waals surface area contributed by atoms with Crippen LogP contribution in [0, 0.1) is 0 Å². The van der Waals surface area contributed by atoms with Crippen molar-refractivity contribution in [2.75, 3.05) is 17.7 Å². The topological polar surface area (TPSA) is 80.3 Å². The Morgan fingerprint density at radius 3 is 2.41 bits per heavy atom. The van der Waals surface area contributed by atoms with E-state index in [0.717, 1.165) is 5.69 Å². The number of Topliss-reactive ketones (excluding diaryl/α,β-unsaturated/α-hetero) is 1. The van der Waals surface area contributed by atoms with E-state index in [-0.39, 0.29) is 11.7 Å². The zero-order chi connectivity index (χ0) is 19.2. The van der Waals surface area contributed by atoms with E-state index >= 15 is 0 Å². The number of methoxy groups -OCH3 is 1. The summed E-state index contributed by atoms with van der Waals surface area (Å²) in [7, 11) is 1.57. The van der Waals surface area contributed by atoms with Gasteiger partial charge in [-0.25, -0.2) is 4.98 Å². The Balaban J connectivity index is 1.68. The third-order valence-corrected chi connectivity index (χ3v) is 3.89. The summed E-state index contributed by atoms with van der Waals surface area (Å²) in [5.74, 6) is 0.976. The number of ether oxygens (including phenoxy) is 1. The molecule has 0 unspecified atom stereocenters. The number of ketones is 1. The van der Waals surface area contributed by atoms with E-state index < -0.39 is 0 Å². The molecular formula is C21H19N3O3. The summed E-state index contributed by atoms with van der Waals surface area (Å²) in [6.45, 7) is 1.52. The fraction of sp³-hybridized carbons (Fsp3) is 0.0952. The van der Waals surface area contributed by atoms with Crippen molar-refractivity contribution in [3.05, 3.63) is 78.0 Å². The number of pyridine rings is 1. The molecule has 2 aromatic carbocycles. The van der Waals surface area contributed by atoms with Crippen molar-refractivity contribution in [3.63, 3.8) is 0 Å². The van der Waals surface area contributed by atoms with Crippen molar-refractivity contribution in [3.8, 4) is 5.75 Å². The van der Waals surface area contributed by atoms with Crippen LogP contribution in [0.25, 0.3) is 0 Å². The average Bonchev–Trinajstić information content (AvgIpc) is 2.69. The van der Waals surface area contributed by atoms with E-state index in [4.69, 9.17) is 4.74 Å². The largest absolute Gasteiger partial charge is 0.497 e. The first-order valence-corrected chi connectivity index (χ1v) is 8.34. The monoisotopic (exact) mass is 361 g/mol. The molecule has 136 valence electrons. The minimum absolute atomic E-state index is 0.00355. The lowest BCUT2D eigenvalue weighted by molar-refractivity contribution is 0.101. The van der Waals surface area contributed by atoms with E-state index in [1.165, 1.54) is 13.1 Å². The summed E-state index contributed by atoms with van der Waals surface area (Å²) in [5.41, 5.74) is 2.45. The van der Waals surface area contributed by atoms with Crippen LogP contribution in [-0.4, -0.2) is 23.8 Å².